The summed E-state index contributed by atoms with van der Waals surface area (Å²) in [7, 11) is 0. The molecule has 2 aromatic rings. The Labute approximate surface area is 167 Å². The summed E-state index contributed by atoms with van der Waals surface area (Å²) in [6.07, 6.45) is 3.24. The molecule has 8 heteroatoms. The highest BCUT2D eigenvalue weighted by molar-refractivity contribution is 6.07. The van der Waals surface area contributed by atoms with Gasteiger partial charge in [-0.3, -0.25) is 23.7 Å². The summed E-state index contributed by atoms with van der Waals surface area (Å²) in [5.41, 5.74) is 1.27. The summed E-state index contributed by atoms with van der Waals surface area (Å²) in [6, 6.07) is 5.62. The molecular weight excluding hydrogens is 374 g/mol. The van der Waals surface area contributed by atoms with Gasteiger partial charge in [0.15, 0.2) is 0 Å². The maximum Gasteiger partial charge on any atom is 0.329 e. The molecule has 2 amide bonds. The van der Waals surface area contributed by atoms with E-state index in [0.29, 0.717) is 24.2 Å². The van der Waals surface area contributed by atoms with Gasteiger partial charge in [-0.25, -0.2) is 9.78 Å². The number of imide groups is 1. The van der Waals surface area contributed by atoms with Crippen LogP contribution in [0.5, 0.6) is 0 Å². The minimum absolute atomic E-state index is 0.202. The number of hydrogen-bond acceptors (Lipinski definition) is 6. The van der Waals surface area contributed by atoms with Crippen molar-refractivity contribution in [3.05, 3.63) is 46.0 Å². The van der Waals surface area contributed by atoms with Crippen molar-refractivity contribution in [3.8, 4) is 0 Å². The highest BCUT2D eigenvalue weighted by Crippen LogP contribution is 2.38. The number of fused-ring (bicyclic) bond motifs is 2. The molecule has 3 heterocycles. The van der Waals surface area contributed by atoms with Crippen molar-refractivity contribution in [2.24, 2.45) is 11.8 Å². The first-order valence-corrected chi connectivity index (χ1v) is 9.90. The van der Waals surface area contributed by atoms with Crippen LogP contribution in [0.1, 0.15) is 44.0 Å². The van der Waals surface area contributed by atoms with Crippen LogP contribution in [0.25, 0.3) is 5.65 Å². The number of rotatable bonds is 4. The minimum atomic E-state index is -0.996. The zero-order chi connectivity index (χ0) is 20.7. The summed E-state index contributed by atoms with van der Waals surface area (Å²) >= 11 is 0. The monoisotopic (exact) mass is 397 g/mol. The summed E-state index contributed by atoms with van der Waals surface area (Å²) in [5, 5.41) is 0. The van der Waals surface area contributed by atoms with Gasteiger partial charge >= 0.3 is 5.97 Å². The zero-order valence-electron chi connectivity index (χ0n) is 16.5. The molecule has 1 saturated heterocycles. The maximum atomic E-state index is 12.6. The average molecular weight is 397 g/mol. The second kappa shape index (κ2) is 7.42. The summed E-state index contributed by atoms with van der Waals surface area (Å²) in [5.74, 6) is -1.85. The lowest BCUT2D eigenvalue weighted by Gasteiger charge is -2.21. The number of hydrogen-bond donors (Lipinski definition) is 0. The Morgan fingerprint density at radius 1 is 1.17 bits per heavy atom. The van der Waals surface area contributed by atoms with Gasteiger partial charge < -0.3 is 4.74 Å². The maximum absolute atomic E-state index is 12.6. The first-order chi connectivity index (χ1) is 13.9. The summed E-state index contributed by atoms with van der Waals surface area (Å²) in [4.78, 5) is 55.5. The normalized spacial score (nSPS) is 22.6. The molecule has 29 heavy (non-hydrogen) atoms. The number of pyridine rings is 1. The highest BCUT2D eigenvalue weighted by Gasteiger charge is 2.51. The molecule has 1 aliphatic heterocycles. The Bertz CT molecular complexity index is 1040. The fourth-order valence-corrected chi connectivity index (χ4v) is 4.38. The number of carbonyl (C=O) groups is 3. The quantitative estimate of drug-likeness (QED) is 0.574. The molecule has 2 aliphatic rings. The van der Waals surface area contributed by atoms with Crippen LogP contribution >= 0.6 is 0 Å². The number of aromatic nitrogens is 2. The Morgan fingerprint density at radius 3 is 2.48 bits per heavy atom. The van der Waals surface area contributed by atoms with Gasteiger partial charge in [-0.2, -0.15) is 0 Å². The van der Waals surface area contributed by atoms with E-state index in [1.54, 1.807) is 25.1 Å². The largest absolute Gasteiger partial charge is 0.458 e. The number of amides is 2. The molecule has 3 atom stereocenters. The van der Waals surface area contributed by atoms with Gasteiger partial charge in [-0.1, -0.05) is 18.9 Å². The number of ether oxygens (including phenoxy) is 1. The van der Waals surface area contributed by atoms with Crippen LogP contribution in [0.3, 0.4) is 0 Å². The van der Waals surface area contributed by atoms with Crippen LogP contribution in [0.4, 0.5) is 0 Å². The first-order valence-electron chi connectivity index (χ1n) is 9.90. The van der Waals surface area contributed by atoms with Crippen LogP contribution < -0.4 is 5.56 Å². The lowest BCUT2D eigenvalue weighted by atomic mass is 9.81. The number of nitrogens with zero attached hydrogens (tertiary/aromatic N) is 3. The van der Waals surface area contributed by atoms with Crippen molar-refractivity contribution in [2.75, 3.05) is 0 Å². The highest BCUT2D eigenvalue weighted by atomic mass is 16.5. The smallest absolute Gasteiger partial charge is 0.329 e. The molecule has 4 rings (SSSR count). The molecule has 0 aromatic carbocycles. The number of carbonyl (C=O) groups excluding carboxylic acids is 3. The van der Waals surface area contributed by atoms with Gasteiger partial charge in [-0.05, 0) is 38.8 Å². The number of aryl methyl sites for hydroxylation is 1. The van der Waals surface area contributed by atoms with E-state index in [1.165, 1.54) is 17.4 Å². The van der Waals surface area contributed by atoms with Crippen LogP contribution in [0.2, 0.25) is 0 Å². The molecular formula is C21H23N3O5. The van der Waals surface area contributed by atoms with E-state index in [1.807, 2.05) is 0 Å². The molecule has 1 saturated carbocycles. The molecule has 1 aliphatic carbocycles. The van der Waals surface area contributed by atoms with E-state index in [0.717, 1.165) is 23.4 Å². The van der Waals surface area contributed by atoms with E-state index < -0.39 is 12.0 Å². The van der Waals surface area contributed by atoms with Gasteiger partial charge in [0.1, 0.15) is 18.3 Å². The fourth-order valence-electron chi connectivity index (χ4n) is 4.38. The molecule has 0 unspecified atom stereocenters. The van der Waals surface area contributed by atoms with Crippen molar-refractivity contribution in [1.29, 1.82) is 0 Å². The third-order valence-corrected chi connectivity index (χ3v) is 5.90. The van der Waals surface area contributed by atoms with Gasteiger partial charge in [0, 0.05) is 11.8 Å². The fraction of sp³-hybridized carbons (Fsp3) is 0.476. The Balaban J connectivity index is 1.47. The Morgan fingerprint density at radius 2 is 1.83 bits per heavy atom. The predicted octanol–water partition coefficient (Wildman–Crippen LogP) is 1.61. The lowest BCUT2D eigenvalue weighted by molar-refractivity contribution is -0.159. The van der Waals surface area contributed by atoms with Crippen LogP contribution in [-0.2, 0) is 25.7 Å². The van der Waals surface area contributed by atoms with E-state index in [9.17, 15) is 19.2 Å². The van der Waals surface area contributed by atoms with Crippen LogP contribution in [0.15, 0.2) is 29.1 Å². The SMILES string of the molecule is Cc1cccc2nc(COC(=O)[C@H](C)N3C(=O)[C@@H]4CCCC[C@H]4C3=O)cc(=O)n12. The summed E-state index contributed by atoms with van der Waals surface area (Å²) in [6.45, 7) is 3.10. The molecule has 0 N–H and O–H groups in total. The van der Waals surface area contributed by atoms with Crippen molar-refractivity contribution in [1.82, 2.24) is 14.3 Å². The standard InChI is InChI=1S/C21H23N3O5/c1-12-6-5-9-17-22-14(10-18(25)23(12)17)11-29-21(28)13(2)24-19(26)15-7-3-4-8-16(15)20(24)27/h5-6,9-10,13,15-16H,3-4,7-8,11H2,1-2H3/t13-,15+,16+/m0/s1. The third kappa shape index (κ3) is 3.32. The van der Waals surface area contributed by atoms with E-state index >= 15 is 0 Å². The van der Waals surface area contributed by atoms with Gasteiger partial charge in [0.05, 0.1) is 17.5 Å². The van der Waals surface area contributed by atoms with E-state index in [4.69, 9.17) is 4.74 Å². The average Bonchev–Trinajstić information content (AvgIpc) is 2.96. The van der Waals surface area contributed by atoms with Crippen molar-refractivity contribution in [2.45, 2.75) is 52.2 Å². The van der Waals surface area contributed by atoms with Crippen molar-refractivity contribution < 1.29 is 19.1 Å². The molecule has 8 nitrogen and oxygen atoms in total. The van der Waals surface area contributed by atoms with Crippen molar-refractivity contribution in [3.63, 3.8) is 0 Å². The molecule has 2 aromatic heterocycles. The van der Waals surface area contributed by atoms with Crippen molar-refractivity contribution >= 4 is 23.4 Å². The molecule has 0 bridgehead atoms. The zero-order valence-corrected chi connectivity index (χ0v) is 16.5. The third-order valence-electron chi connectivity index (χ3n) is 5.90. The second-order valence-electron chi connectivity index (χ2n) is 7.77. The Hall–Kier alpha value is -3.03. The van der Waals surface area contributed by atoms with E-state index in [-0.39, 0.29) is 35.8 Å². The second-order valence-corrected chi connectivity index (χ2v) is 7.77. The predicted molar refractivity (Wildman–Crippen MR) is 103 cm³/mol. The summed E-state index contributed by atoms with van der Waals surface area (Å²) < 4.78 is 6.76. The van der Waals surface area contributed by atoms with Gasteiger partial charge in [0.2, 0.25) is 11.8 Å². The first kappa shape index (κ1) is 19.3. The van der Waals surface area contributed by atoms with Gasteiger partial charge in [-0.15, -0.1) is 0 Å². The number of likely N-dealkylation sites (tertiary alicyclic amines) is 1. The van der Waals surface area contributed by atoms with Gasteiger partial charge in [0.25, 0.3) is 5.56 Å². The minimum Gasteiger partial charge on any atom is -0.458 e. The van der Waals surface area contributed by atoms with E-state index in [2.05, 4.69) is 4.98 Å². The Kier molecular flexibility index (Phi) is 4.94. The molecule has 2 fully saturated rings. The number of esters is 1. The topological polar surface area (TPSA) is 98.0 Å². The van der Waals surface area contributed by atoms with Crippen LogP contribution in [0, 0.1) is 18.8 Å². The lowest BCUT2D eigenvalue weighted by Crippen LogP contribution is -2.44. The van der Waals surface area contributed by atoms with Crippen LogP contribution in [-0.4, -0.2) is 38.1 Å². The molecule has 0 radical (unpaired) electrons. The molecule has 0 spiro atoms. The molecule has 152 valence electrons.